The van der Waals surface area contributed by atoms with E-state index in [1.54, 1.807) is 12.4 Å². The first-order valence-electron chi connectivity index (χ1n) is 9.13. The van der Waals surface area contributed by atoms with E-state index in [0.717, 1.165) is 36.6 Å². The Morgan fingerprint density at radius 3 is 3.04 bits per heavy atom. The molecule has 1 amide bonds. The molecule has 4 rings (SSSR count). The smallest absolute Gasteiger partial charge is 0.271 e. The Hall–Kier alpha value is -3.22. The van der Waals surface area contributed by atoms with Gasteiger partial charge in [-0.05, 0) is 49.1 Å². The number of nitrogens with zero attached hydrogens (tertiary/aromatic N) is 4. The Labute approximate surface area is 157 Å². The summed E-state index contributed by atoms with van der Waals surface area (Å²) in [6.07, 6.45) is 8.73. The minimum absolute atomic E-state index is 0.00807. The number of imidazole rings is 1. The van der Waals surface area contributed by atoms with Gasteiger partial charge in [0.25, 0.3) is 5.91 Å². The van der Waals surface area contributed by atoms with Gasteiger partial charge < -0.3 is 15.2 Å². The number of pyridine rings is 2. The van der Waals surface area contributed by atoms with Gasteiger partial charge in [-0.2, -0.15) is 0 Å². The van der Waals surface area contributed by atoms with Gasteiger partial charge in [-0.15, -0.1) is 0 Å². The maximum atomic E-state index is 12.6. The van der Waals surface area contributed by atoms with Crippen LogP contribution in [0.25, 0.3) is 0 Å². The average molecular weight is 362 g/mol. The topological polar surface area (TPSA) is 86.8 Å². The van der Waals surface area contributed by atoms with Gasteiger partial charge >= 0.3 is 0 Å². The quantitative estimate of drug-likeness (QED) is 0.744. The molecule has 2 N–H and O–H groups in total. The van der Waals surface area contributed by atoms with Crippen LogP contribution < -0.4 is 5.32 Å². The van der Waals surface area contributed by atoms with Crippen LogP contribution in [0.1, 0.15) is 40.4 Å². The largest absolute Gasteiger partial charge is 0.341 e. The second-order valence-electron chi connectivity index (χ2n) is 6.82. The van der Waals surface area contributed by atoms with E-state index in [4.69, 9.17) is 0 Å². The fourth-order valence-corrected chi connectivity index (χ4v) is 3.48. The zero-order valence-electron chi connectivity index (χ0n) is 15.2. The normalized spacial score (nSPS) is 16.9. The lowest BCUT2D eigenvalue weighted by atomic mass is 9.91. The lowest BCUT2D eigenvalue weighted by Gasteiger charge is -2.32. The van der Waals surface area contributed by atoms with E-state index in [9.17, 15) is 4.79 Å². The number of likely N-dealkylation sites (tertiary alicyclic amines) is 1. The first-order valence-corrected chi connectivity index (χ1v) is 9.13. The molecule has 1 aliphatic heterocycles. The van der Waals surface area contributed by atoms with Gasteiger partial charge in [0.1, 0.15) is 17.3 Å². The molecule has 3 aromatic heterocycles. The summed E-state index contributed by atoms with van der Waals surface area (Å²) < 4.78 is 0. The SMILES string of the molecule is Cc1cccnc1Nc1cc(C2CCCN(C(=O)c3cnc[nH]3)C2)ccn1. The second-order valence-corrected chi connectivity index (χ2v) is 6.82. The summed E-state index contributed by atoms with van der Waals surface area (Å²) >= 11 is 0. The third-order valence-electron chi connectivity index (χ3n) is 4.95. The number of aromatic amines is 1. The van der Waals surface area contributed by atoms with E-state index in [-0.39, 0.29) is 5.91 Å². The van der Waals surface area contributed by atoms with E-state index in [2.05, 4.69) is 31.3 Å². The summed E-state index contributed by atoms with van der Waals surface area (Å²) in [7, 11) is 0. The van der Waals surface area contributed by atoms with E-state index in [0.29, 0.717) is 18.2 Å². The molecule has 4 heterocycles. The zero-order chi connectivity index (χ0) is 18.6. The number of hydrogen-bond acceptors (Lipinski definition) is 5. The number of H-pyrrole nitrogens is 1. The van der Waals surface area contributed by atoms with Crippen LogP contribution in [0.4, 0.5) is 11.6 Å². The van der Waals surface area contributed by atoms with Gasteiger partial charge in [0.05, 0.1) is 12.5 Å². The number of carbonyl (C=O) groups excluding carboxylic acids is 1. The molecule has 1 unspecified atom stereocenters. The molecule has 7 heteroatoms. The molecule has 0 spiro atoms. The maximum absolute atomic E-state index is 12.6. The molecule has 1 atom stereocenters. The highest BCUT2D eigenvalue weighted by Crippen LogP contribution is 2.29. The molecular weight excluding hydrogens is 340 g/mol. The van der Waals surface area contributed by atoms with Crippen LogP contribution >= 0.6 is 0 Å². The molecule has 27 heavy (non-hydrogen) atoms. The lowest BCUT2D eigenvalue weighted by molar-refractivity contribution is 0.0702. The fourth-order valence-electron chi connectivity index (χ4n) is 3.48. The number of anilines is 2. The Morgan fingerprint density at radius 1 is 1.30 bits per heavy atom. The van der Waals surface area contributed by atoms with Gasteiger partial charge in [-0.1, -0.05) is 6.07 Å². The molecule has 0 saturated carbocycles. The number of carbonyl (C=O) groups is 1. The molecule has 0 bridgehead atoms. The van der Waals surface area contributed by atoms with Crippen LogP contribution in [-0.2, 0) is 0 Å². The van der Waals surface area contributed by atoms with Crippen molar-refractivity contribution in [2.75, 3.05) is 18.4 Å². The average Bonchev–Trinajstić information content (AvgIpc) is 3.24. The van der Waals surface area contributed by atoms with Gasteiger partial charge in [-0.25, -0.2) is 15.0 Å². The standard InChI is InChI=1S/C20H22N6O/c1-14-4-2-7-23-19(14)25-18-10-15(6-8-22-18)16-5-3-9-26(12-16)20(27)17-11-21-13-24-17/h2,4,6-8,10-11,13,16H,3,5,9,12H2,1H3,(H,21,24)(H,22,23,25). The molecule has 7 nitrogen and oxygen atoms in total. The predicted octanol–water partition coefficient (Wildman–Crippen LogP) is 3.27. The zero-order valence-corrected chi connectivity index (χ0v) is 15.2. The van der Waals surface area contributed by atoms with Crippen molar-refractivity contribution in [2.24, 2.45) is 0 Å². The molecular formula is C20H22N6O. The van der Waals surface area contributed by atoms with Crippen LogP contribution in [0.3, 0.4) is 0 Å². The van der Waals surface area contributed by atoms with Crippen molar-refractivity contribution in [2.45, 2.75) is 25.7 Å². The highest BCUT2D eigenvalue weighted by molar-refractivity contribution is 5.92. The van der Waals surface area contributed by atoms with E-state index < -0.39 is 0 Å². The van der Waals surface area contributed by atoms with Crippen molar-refractivity contribution in [1.82, 2.24) is 24.8 Å². The minimum atomic E-state index is 0.00807. The Balaban J connectivity index is 1.50. The number of piperidine rings is 1. The van der Waals surface area contributed by atoms with Crippen LogP contribution in [0.5, 0.6) is 0 Å². The molecule has 0 radical (unpaired) electrons. The monoisotopic (exact) mass is 362 g/mol. The first kappa shape index (κ1) is 17.2. The van der Waals surface area contributed by atoms with E-state index in [1.165, 1.54) is 11.9 Å². The molecule has 3 aromatic rings. The number of hydrogen-bond donors (Lipinski definition) is 2. The van der Waals surface area contributed by atoms with E-state index in [1.807, 2.05) is 36.2 Å². The third-order valence-corrected chi connectivity index (χ3v) is 4.95. The molecule has 138 valence electrons. The van der Waals surface area contributed by atoms with Crippen LogP contribution in [-0.4, -0.2) is 43.8 Å². The highest BCUT2D eigenvalue weighted by Gasteiger charge is 2.26. The summed E-state index contributed by atoms with van der Waals surface area (Å²) in [4.78, 5) is 30.1. The fraction of sp³-hybridized carbons (Fsp3) is 0.300. The Bertz CT molecular complexity index is 924. The summed E-state index contributed by atoms with van der Waals surface area (Å²) in [6, 6.07) is 8.02. The Kier molecular flexibility index (Phi) is 4.82. The number of amides is 1. The van der Waals surface area contributed by atoms with Gasteiger partial charge in [0.15, 0.2) is 0 Å². The van der Waals surface area contributed by atoms with Gasteiger partial charge in [-0.3, -0.25) is 4.79 Å². The second kappa shape index (κ2) is 7.57. The molecule has 0 aromatic carbocycles. The summed E-state index contributed by atoms with van der Waals surface area (Å²) in [5.41, 5.74) is 2.79. The minimum Gasteiger partial charge on any atom is -0.341 e. The molecule has 1 fully saturated rings. The van der Waals surface area contributed by atoms with Crippen molar-refractivity contribution in [1.29, 1.82) is 0 Å². The Morgan fingerprint density at radius 2 is 2.22 bits per heavy atom. The lowest BCUT2D eigenvalue weighted by Crippen LogP contribution is -2.39. The van der Waals surface area contributed by atoms with Crippen LogP contribution in [0, 0.1) is 6.92 Å². The van der Waals surface area contributed by atoms with Crippen molar-refractivity contribution in [3.05, 3.63) is 66.0 Å². The van der Waals surface area contributed by atoms with Gasteiger partial charge in [0, 0.05) is 31.4 Å². The van der Waals surface area contributed by atoms with Crippen molar-refractivity contribution >= 4 is 17.5 Å². The number of rotatable bonds is 4. The van der Waals surface area contributed by atoms with Crippen molar-refractivity contribution < 1.29 is 4.79 Å². The summed E-state index contributed by atoms with van der Waals surface area (Å²) in [5, 5.41) is 3.29. The summed E-state index contributed by atoms with van der Waals surface area (Å²) in [5.74, 6) is 1.88. The summed E-state index contributed by atoms with van der Waals surface area (Å²) in [6.45, 7) is 3.49. The highest BCUT2D eigenvalue weighted by atomic mass is 16.2. The first-order chi connectivity index (χ1) is 13.2. The van der Waals surface area contributed by atoms with E-state index >= 15 is 0 Å². The maximum Gasteiger partial charge on any atom is 0.271 e. The van der Waals surface area contributed by atoms with Crippen LogP contribution in [0.2, 0.25) is 0 Å². The van der Waals surface area contributed by atoms with Crippen LogP contribution in [0.15, 0.2) is 49.2 Å². The van der Waals surface area contributed by atoms with Crippen molar-refractivity contribution in [3.8, 4) is 0 Å². The molecule has 1 aliphatic rings. The number of aryl methyl sites for hydroxylation is 1. The van der Waals surface area contributed by atoms with Crippen molar-refractivity contribution in [3.63, 3.8) is 0 Å². The number of nitrogens with one attached hydrogen (secondary N) is 2. The molecule has 1 saturated heterocycles. The number of aromatic nitrogens is 4. The predicted molar refractivity (Wildman–Crippen MR) is 103 cm³/mol. The van der Waals surface area contributed by atoms with Gasteiger partial charge in [0.2, 0.25) is 0 Å². The molecule has 0 aliphatic carbocycles. The third kappa shape index (κ3) is 3.81.